The molecular weight excluding hydrogens is 749 g/mol. The predicted molar refractivity (Wildman–Crippen MR) is 270 cm³/mol. The number of hydrogen-bond acceptors (Lipinski definition) is 2. The fourth-order valence-electron chi connectivity index (χ4n) is 10.0. The summed E-state index contributed by atoms with van der Waals surface area (Å²) < 4.78 is 2.50. The molecule has 3 nitrogen and oxygen atoms in total. The molecule has 8 aromatic rings. The first kappa shape index (κ1) is 40.1. The van der Waals surface area contributed by atoms with Crippen LogP contribution in [-0.4, -0.2) is 11.3 Å². The summed E-state index contributed by atoms with van der Waals surface area (Å²) in [7, 11) is 0. The van der Waals surface area contributed by atoms with Crippen molar-refractivity contribution in [3.8, 4) is 5.69 Å². The van der Waals surface area contributed by atoms with E-state index in [0.717, 1.165) is 5.69 Å². The Hall–Kier alpha value is -6.00. The van der Waals surface area contributed by atoms with E-state index in [-0.39, 0.29) is 28.4 Å². The van der Waals surface area contributed by atoms with Gasteiger partial charge in [0.05, 0.1) is 16.7 Å². The Morgan fingerprint density at radius 2 is 0.694 bits per heavy atom. The van der Waals surface area contributed by atoms with E-state index in [0.29, 0.717) is 0 Å². The van der Waals surface area contributed by atoms with Gasteiger partial charge in [-0.25, -0.2) is 0 Å². The Bertz CT molecular complexity index is 2850. The van der Waals surface area contributed by atoms with E-state index in [1.165, 1.54) is 94.6 Å². The average molecular weight is 810 g/mol. The van der Waals surface area contributed by atoms with Crippen LogP contribution < -0.4 is 26.2 Å². The van der Waals surface area contributed by atoms with E-state index >= 15 is 0 Å². The largest absolute Gasteiger partial charge is 0.311 e. The Labute approximate surface area is 370 Å². The highest BCUT2D eigenvalue weighted by molar-refractivity contribution is 7.00. The normalized spacial score (nSPS) is 14.0. The highest BCUT2D eigenvalue weighted by Gasteiger charge is 2.44. The van der Waals surface area contributed by atoms with Crippen LogP contribution in [0.3, 0.4) is 0 Å². The van der Waals surface area contributed by atoms with Crippen LogP contribution in [0.5, 0.6) is 0 Å². The van der Waals surface area contributed by atoms with Gasteiger partial charge in [-0.3, -0.25) is 0 Å². The minimum atomic E-state index is -0.0326. The lowest BCUT2D eigenvalue weighted by atomic mass is 9.33. The van der Waals surface area contributed by atoms with Crippen molar-refractivity contribution in [2.24, 2.45) is 0 Å². The molecule has 7 aromatic carbocycles. The lowest BCUT2D eigenvalue weighted by molar-refractivity contribution is 0.590. The van der Waals surface area contributed by atoms with Gasteiger partial charge in [0, 0.05) is 44.9 Å². The number of hydrogen-bond donors (Lipinski definition) is 0. The summed E-state index contributed by atoms with van der Waals surface area (Å²) in [5.41, 5.74) is 20.2. The highest BCUT2D eigenvalue weighted by atomic mass is 15.2. The molecule has 2 aliphatic heterocycles. The summed E-state index contributed by atoms with van der Waals surface area (Å²) in [5.74, 6) is 0. The van der Waals surface area contributed by atoms with Crippen molar-refractivity contribution in [3.63, 3.8) is 0 Å². The molecule has 1 aromatic heterocycles. The Balaban J connectivity index is 1.36. The minimum Gasteiger partial charge on any atom is -0.311 e. The Morgan fingerprint density at radius 3 is 1.06 bits per heavy atom. The third kappa shape index (κ3) is 6.40. The molecule has 0 saturated heterocycles. The standard InChI is InChI=1S/C58H60BN3/c1-55(2,3)37-21-27-41(28-22-37)60-50-33-39(57(7,8)9)25-31-46(50)59-47-32-26-40(58(10,11)12)34-51(47)61(42-29-23-38(24-30-42)56(4,5)6)53-36-43(35-52(60)54(53)59)62-48-19-15-13-17-44(48)45-18-14-16-20-49(45)62/h13-36H,1-12H3. The van der Waals surface area contributed by atoms with Crippen LogP contribution in [0, 0.1) is 0 Å². The van der Waals surface area contributed by atoms with Crippen LogP contribution in [0.15, 0.2) is 146 Å². The molecule has 0 radical (unpaired) electrons. The van der Waals surface area contributed by atoms with E-state index in [1.807, 2.05) is 0 Å². The average Bonchev–Trinajstić information content (AvgIpc) is 3.56. The van der Waals surface area contributed by atoms with E-state index in [4.69, 9.17) is 0 Å². The number of para-hydroxylation sites is 2. The van der Waals surface area contributed by atoms with Crippen LogP contribution in [0.2, 0.25) is 0 Å². The summed E-state index contributed by atoms with van der Waals surface area (Å²) in [6, 6.07) is 56.2. The summed E-state index contributed by atoms with van der Waals surface area (Å²) in [5, 5.41) is 2.52. The summed E-state index contributed by atoms with van der Waals surface area (Å²) >= 11 is 0. The first-order valence-corrected chi connectivity index (χ1v) is 22.6. The molecule has 10 rings (SSSR count). The van der Waals surface area contributed by atoms with Crippen molar-refractivity contribution in [3.05, 3.63) is 168 Å². The number of rotatable bonds is 3. The quantitative estimate of drug-likeness (QED) is 0.165. The van der Waals surface area contributed by atoms with Crippen molar-refractivity contribution in [1.29, 1.82) is 0 Å². The fraction of sp³-hybridized carbons (Fsp3) is 0.276. The van der Waals surface area contributed by atoms with Gasteiger partial charge in [-0.15, -0.1) is 0 Å². The van der Waals surface area contributed by atoms with Gasteiger partial charge in [-0.1, -0.05) is 168 Å². The lowest BCUT2D eigenvalue weighted by Crippen LogP contribution is -2.61. The fourth-order valence-corrected chi connectivity index (χ4v) is 10.0. The Morgan fingerprint density at radius 1 is 0.339 bits per heavy atom. The van der Waals surface area contributed by atoms with Crippen LogP contribution in [-0.2, 0) is 21.7 Å². The van der Waals surface area contributed by atoms with Gasteiger partial charge in [0.2, 0.25) is 0 Å². The second-order valence-electron chi connectivity index (χ2n) is 22.0. The van der Waals surface area contributed by atoms with Gasteiger partial charge >= 0.3 is 0 Å². The molecule has 0 unspecified atom stereocenters. The van der Waals surface area contributed by atoms with E-state index in [9.17, 15) is 0 Å². The maximum absolute atomic E-state index is 2.58. The molecular formula is C58H60BN3. The van der Waals surface area contributed by atoms with Gasteiger partial charge in [0.25, 0.3) is 6.71 Å². The smallest absolute Gasteiger partial charge is 0.252 e. The third-order valence-corrected chi connectivity index (χ3v) is 13.6. The molecule has 3 heterocycles. The molecule has 0 spiro atoms. The first-order chi connectivity index (χ1) is 29.3. The van der Waals surface area contributed by atoms with Gasteiger partial charge < -0.3 is 14.4 Å². The van der Waals surface area contributed by atoms with Crippen LogP contribution >= 0.6 is 0 Å². The molecule has 62 heavy (non-hydrogen) atoms. The minimum absolute atomic E-state index is 0.0236. The maximum atomic E-state index is 2.58. The zero-order chi connectivity index (χ0) is 43.7. The van der Waals surface area contributed by atoms with Crippen LogP contribution in [0.4, 0.5) is 34.1 Å². The molecule has 0 amide bonds. The number of fused-ring (bicyclic) bond motifs is 7. The summed E-state index contributed by atoms with van der Waals surface area (Å²) in [6.45, 7) is 27.8. The lowest BCUT2D eigenvalue weighted by Gasteiger charge is -2.45. The summed E-state index contributed by atoms with van der Waals surface area (Å²) in [4.78, 5) is 5.16. The molecule has 0 saturated carbocycles. The number of aromatic nitrogens is 1. The zero-order valence-corrected chi connectivity index (χ0v) is 38.8. The van der Waals surface area contributed by atoms with Crippen molar-refractivity contribution in [1.82, 2.24) is 4.57 Å². The second kappa shape index (κ2) is 13.8. The first-order valence-electron chi connectivity index (χ1n) is 22.6. The Kier molecular flexibility index (Phi) is 8.89. The van der Waals surface area contributed by atoms with Crippen molar-refractivity contribution >= 4 is 79.0 Å². The summed E-state index contributed by atoms with van der Waals surface area (Å²) in [6.07, 6.45) is 0. The van der Waals surface area contributed by atoms with Gasteiger partial charge in [-0.2, -0.15) is 0 Å². The zero-order valence-electron chi connectivity index (χ0n) is 38.8. The monoisotopic (exact) mass is 809 g/mol. The molecule has 310 valence electrons. The maximum Gasteiger partial charge on any atom is 0.252 e. The topological polar surface area (TPSA) is 11.4 Å². The van der Waals surface area contributed by atoms with Crippen LogP contribution in [0.25, 0.3) is 27.5 Å². The molecule has 2 aliphatic rings. The van der Waals surface area contributed by atoms with E-state index in [2.05, 4.69) is 243 Å². The SMILES string of the molecule is CC(C)(C)c1ccc(N2c3cc(C(C)(C)C)ccc3B3c4ccc(C(C)(C)C)cc4N(c4ccc(C(C)(C)C)cc4)c4cc(-n5c6ccccc6c6ccccc65)cc2c43)cc1. The number of nitrogens with zero attached hydrogens (tertiary/aromatic N) is 3. The highest BCUT2D eigenvalue weighted by Crippen LogP contribution is 2.48. The van der Waals surface area contributed by atoms with Crippen molar-refractivity contribution in [2.75, 3.05) is 9.80 Å². The predicted octanol–water partition coefficient (Wildman–Crippen LogP) is 14.1. The molecule has 0 aliphatic carbocycles. The number of anilines is 6. The molecule has 0 N–H and O–H groups in total. The number of benzene rings is 7. The van der Waals surface area contributed by atoms with E-state index in [1.54, 1.807) is 0 Å². The van der Waals surface area contributed by atoms with Crippen molar-refractivity contribution in [2.45, 2.75) is 105 Å². The van der Waals surface area contributed by atoms with Crippen molar-refractivity contribution < 1.29 is 0 Å². The van der Waals surface area contributed by atoms with Gasteiger partial charge in [0.1, 0.15) is 0 Å². The molecule has 0 fully saturated rings. The molecule has 0 bridgehead atoms. The molecule has 4 heteroatoms. The van der Waals surface area contributed by atoms with Gasteiger partial charge in [-0.05, 0) is 121 Å². The molecule has 0 atom stereocenters. The van der Waals surface area contributed by atoms with Gasteiger partial charge in [0.15, 0.2) is 0 Å². The van der Waals surface area contributed by atoms with E-state index < -0.39 is 0 Å². The second-order valence-corrected chi connectivity index (χ2v) is 22.0. The van der Waals surface area contributed by atoms with Crippen LogP contribution in [0.1, 0.15) is 105 Å². The third-order valence-electron chi connectivity index (χ3n) is 13.6.